The molecule has 0 radical (unpaired) electrons. The number of anilines is 2. The summed E-state index contributed by atoms with van der Waals surface area (Å²) in [5, 5.41) is 3.19. The van der Waals surface area contributed by atoms with E-state index in [4.69, 9.17) is 18.0 Å². The van der Waals surface area contributed by atoms with Gasteiger partial charge in [0.2, 0.25) is 0 Å². The molecular formula is C15H18N4S. The summed E-state index contributed by atoms with van der Waals surface area (Å²) >= 11 is 4.97. The molecule has 0 atom stereocenters. The molecule has 2 rings (SSSR count). The second kappa shape index (κ2) is 5.54. The third-order valence-corrected chi connectivity index (χ3v) is 3.14. The summed E-state index contributed by atoms with van der Waals surface area (Å²) < 4.78 is 0. The van der Waals surface area contributed by atoms with Gasteiger partial charge in [-0.2, -0.15) is 0 Å². The van der Waals surface area contributed by atoms with Crippen molar-refractivity contribution in [3.63, 3.8) is 0 Å². The van der Waals surface area contributed by atoms with Gasteiger partial charge in [0.25, 0.3) is 0 Å². The van der Waals surface area contributed by atoms with Gasteiger partial charge in [0.1, 0.15) is 10.7 Å². The van der Waals surface area contributed by atoms with E-state index in [2.05, 4.69) is 48.2 Å². The van der Waals surface area contributed by atoms with Gasteiger partial charge in [-0.3, -0.25) is 0 Å². The van der Waals surface area contributed by atoms with Gasteiger partial charge in [0.05, 0.1) is 0 Å². The van der Waals surface area contributed by atoms with Crippen LogP contribution >= 0.6 is 12.2 Å². The minimum absolute atomic E-state index is 0.134. The average Bonchev–Trinajstić information content (AvgIpc) is 2.38. The second-order valence-corrected chi connectivity index (χ2v) is 6.01. The van der Waals surface area contributed by atoms with Crippen molar-refractivity contribution < 1.29 is 0 Å². The fraction of sp³-hybridized carbons (Fsp3) is 0.267. The van der Waals surface area contributed by atoms with Crippen LogP contribution in [0.3, 0.4) is 0 Å². The molecule has 104 valence electrons. The van der Waals surface area contributed by atoms with E-state index in [0.29, 0.717) is 11.5 Å². The van der Waals surface area contributed by atoms with Crippen LogP contribution in [0.1, 0.15) is 32.0 Å². The molecule has 0 amide bonds. The molecule has 5 heteroatoms. The molecule has 2 aromatic rings. The fourth-order valence-corrected chi connectivity index (χ4v) is 1.95. The number of thiocarbonyl (C=S) groups is 1. The number of aromatic nitrogens is 2. The maximum absolute atomic E-state index is 5.64. The Labute approximate surface area is 124 Å². The Morgan fingerprint density at radius 2 is 1.70 bits per heavy atom. The largest absolute Gasteiger partial charge is 0.388 e. The number of nitrogens with one attached hydrogen (secondary N) is 1. The monoisotopic (exact) mass is 286 g/mol. The van der Waals surface area contributed by atoms with E-state index in [1.165, 1.54) is 5.56 Å². The predicted molar refractivity (Wildman–Crippen MR) is 86.3 cm³/mol. The van der Waals surface area contributed by atoms with Crippen LogP contribution in [-0.2, 0) is 5.41 Å². The van der Waals surface area contributed by atoms with E-state index in [1.807, 2.05) is 12.1 Å². The highest BCUT2D eigenvalue weighted by Gasteiger charge is 2.13. The van der Waals surface area contributed by atoms with Crippen molar-refractivity contribution >= 4 is 28.7 Å². The van der Waals surface area contributed by atoms with Crippen molar-refractivity contribution in [1.82, 2.24) is 9.97 Å². The summed E-state index contributed by atoms with van der Waals surface area (Å²) in [6.45, 7) is 6.55. The van der Waals surface area contributed by atoms with Crippen LogP contribution in [-0.4, -0.2) is 15.0 Å². The molecule has 4 nitrogen and oxygen atoms in total. The minimum atomic E-state index is 0.134. The van der Waals surface area contributed by atoms with E-state index in [-0.39, 0.29) is 10.4 Å². The Bertz CT molecular complexity index is 615. The van der Waals surface area contributed by atoms with Crippen LogP contribution in [0.2, 0.25) is 0 Å². The number of nitrogens with two attached hydrogens (primary N) is 1. The Hall–Kier alpha value is -2.01. The highest BCUT2D eigenvalue weighted by molar-refractivity contribution is 7.80. The van der Waals surface area contributed by atoms with Gasteiger partial charge >= 0.3 is 0 Å². The smallest absolute Gasteiger partial charge is 0.159 e. The Balaban J connectivity index is 2.25. The van der Waals surface area contributed by atoms with E-state index in [1.54, 1.807) is 12.4 Å². The van der Waals surface area contributed by atoms with Gasteiger partial charge < -0.3 is 11.1 Å². The van der Waals surface area contributed by atoms with Gasteiger partial charge in [0, 0.05) is 18.1 Å². The number of hydrogen-bond acceptors (Lipinski definition) is 4. The molecule has 0 saturated heterocycles. The molecule has 0 aliphatic carbocycles. The lowest BCUT2D eigenvalue weighted by molar-refractivity contribution is 0.590. The van der Waals surface area contributed by atoms with E-state index in [9.17, 15) is 0 Å². The van der Waals surface area contributed by atoms with Crippen LogP contribution in [0.5, 0.6) is 0 Å². The van der Waals surface area contributed by atoms with Crippen molar-refractivity contribution in [1.29, 1.82) is 0 Å². The predicted octanol–water partition coefficient (Wildman–Crippen LogP) is 3.15. The maximum atomic E-state index is 5.64. The van der Waals surface area contributed by atoms with Crippen molar-refractivity contribution in [2.45, 2.75) is 26.2 Å². The first-order chi connectivity index (χ1) is 9.38. The van der Waals surface area contributed by atoms with Crippen LogP contribution in [0.4, 0.5) is 11.5 Å². The van der Waals surface area contributed by atoms with E-state index in [0.717, 1.165) is 5.69 Å². The topological polar surface area (TPSA) is 63.8 Å². The molecule has 20 heavy (non-hydrogen) atoms. The Kier molecular flexibility index (Phi) is 3.99. The summed E-state index contributed by atoms with van der Waals surface area (Å²) in [4.78, 5) is 8.59. The highest BCUT2D eigenvalue weighted by Crippen LogP contribution is 2.24. The molecule has 0 saturated carbocycles. The van der Waals surface area contributed by atoms with Crippen molar-refractivity contribution in [2.24, 2.45) is 5.73 Å². The van der Waals surface area contributed by atoms with Crippen LogP contribution in [0.25, 0.3) is 0 Å². The summed E-state index contributed by atoms with van der Waals surface area (Å²) in [7, 11) is 0. The van der Waals surface area contributed by atoms with Gasteiger partial charge in [0.15, 0.2) is 5.82 Å². The van der Waals surface area contributed by atoms with Crippen molar-refractivity contribution in [3.8, 4) is 0 Å². The number of benzene rings is 1. The van der Waals surface area contributed by atoms with Crippen LogP contribution in [0.15, 0.2) is 36.7 Å². The van der Waals surface area contributed by atoms with Gasteiger partial charge in [-0.15, -0.1) is 0 Å². The summed E-state index contributed by atoms with van der Waals surface area (Å²) in [5.41, 5.74) is 8.48. The molecule has 3 N–H and O–H groups in total. The Morgan fingerprint density at radius 3 is 2.25 bits per heavy atom. The molecule has 1 aromatic heterocycles. The maximum Gasteiger partial charge on any atom is 0.159 e. The first kappa shape index (κ1) is 14.4. The standard InChI is InChI=1S/C15H18N4S/c1-15(2,3)10-4-6-11(7-5-10)19-14-12(13(16)20)17-8-9-18-14/h4-9H,1-3H3,(H2,16,20)(H,18,19). The number of rotatable bonds is 3. The lowest BCUT2D eigenvalue weighted by atomic mass is 9.87. The lowest BCUT2D eigenvalue weighted by Crippen LogP contribution is -2.15. The Morgan fingerprint density at radius 1 is 1.10 bits per heavy atom. The molecule has 0 aliphatic rings. The third-order valence-electron chi connectivity index (χ3n) is 2.95. The summed E-state index contributed by atoms with van der Waals surface area (Å²) in [5.74, 6) is 0.573. The normalized spacial score (nSPS) is 11.2. The zero-order valence-corrected chi connectivity index (χ0v) is 12.7. The van der Waals surface area contributed by atoms with E-state index < -0.39 is 0 Å². The quantitative estimate of drug-likeness (QED) is 0.849. The first-order valence-corrected chi connectivity index (χ1v) is 6.77. The SMILES string of the molecule is CC(C)(C)c1ccc(Nc2nccnc2C(N)=S)cc1. The zero-order valence-electron chi connectivity index (χ0n) is 11.8. The zero-order chi connectivity index (χ0) is 14.8. The second-order valence-electron chi connectivity index (χ2n) is 5.57. The summed E-state index contributed by atoms with van der Waals surface area (Å²) in [6.07, 6.45) is 3.18. The van der Waals surface area contributed by atoms with Crippen molar-refractivity contribution in [2.75, 3.05) is 5.32 Å². The molecule has 0 spiro atoms. The number of nitrogens with zero attached hydrogens (tertiary/aromatic N) is 2. The van der Waals surface area contributed by atoms with Gasteiger partial charge in [-0.1, -0.05) is 45.1 Å². The molecule has 0 fully saturated rings. The molecule has 0 bridgehead atoms. The lowest BCUT2D eigenvalue weighted by Gasteiger charge is -2.19. The van der Waals surface area contributed by atoms with E-state index >= 15 is 0 Å². The van der Waals surface area contributed by atoms with Crippen LogP contribution in [0, 0.1) is 0 Å². The minimum Gasteiger partial charge on any atom is -0.388 e. The van der Waals surface area contributed by atoms with Gasteiger partial charge in [-0.25, -0.2) is 9.97 Å². The van der Waals surface area contributed by atoms with Crippen LogP contribution < -0.4 is 11.1 Å². The van der Waals surface area contributed by atoms with Gasteiger partial charge in [-0.05, 0) is 23.1 Å². The number of hydrogen-bond donors (Lipinski definition) is 2. The highest BCUT2D eigenvalue weighted by atomic mass is 32.1. The molecule has 0 aliphatic heterocycles. The molecule has 0 unspecified atom stereocenters. The molecule has 1 heterocycles. The average molecular weight is 286 g/mol. The molecule has 1 aromatic carbocycles. The third kappa shape index (κ3) is 3.30. The summed E-state index contributed by atoms with van der Waals surface area (Å²) in [6, 6.07) is 8.22. The fourth-order valence-electron chi connectivity index (χ4n) is 1.80. The first-order valence-electron chi connectivity index (χ1n) is 6.36. The van der Waals surface area contributed by atoms with Crippen molar-refractivity contribution in [3.05, 3.63) is 47.9 Å². The molecular weight excluding hydrogens is 268 g/mol.